The van der Waals surface area contributed by atoms with E-state index in [9.17, 15) is 29.6 Å². The van der Waals surface area contributed by atoms with Crippen LogP contribution in [-0.2, 0) is 28.7 Å². The van der Waals surface area contributed by atoms with Crippen LogP contribution in [0.1, 0.15) is 40.5 Å². The molecule has 0 aromatic carbocycles. The quantitative estimate of drug-likeness (QED) is 0.221. The van der Waals surface area contributed by atoms with E-state index in [2.05, 4.69) is 10.6 Å². The number of hydrogen-bond donors (Lipinski definition) is 2. The molecule has 1 aliphatic rings. The van der Waals surface area contributed by atoms with E-state index >= 15 is 0 Å². The lowest BCUT2D eigenvalue weighted by atomic mass is 10.0. The molecular weight excluding hydrogens is 448 g/mol. The molecule has 0 unspecified atom stereocenters. The van der Waals surface area contributed by atoms with E-state index in [1.165, 1.54) is 14.2 Å². The summed E-state index contributed by atoms with van der Waals surface area (Å²) in [5.41, 5.74) is 0. The summed E-state index contributed by atoms with van der Waals surface area (Å²) in [7, 11) is 2.46. The summed E-state index contributed by atoms with van der Waals surface area (Å²) in [6, 6.07) is -1.69. The second-order valence-electron chi connectivity index (χ2n) is 9.87. The number of methoxy groups -OCH3 is 2. The third kappa shape index (κ3) is 9.92. The Kier molecular flexibility index (Phi) is 11.4. The van der Waals surface area contributed by atoms with Crippen molar-refractivity contribution in [2.45, 2.75) is 52.6 Å². The summed E-state index contributed by atoms with van der Waals surface area (Å²) >= 11 is 0. The molecule has 2 atom stereocenters. The van der Waals surface area contributed by atoms with Gasteiger partial charge >= 0.3 is 11.9 Å². The summed E-state index contributed by atoms with van der Waals surface area (Å²) in [6.07, 6.45) is 0.743. The Morgan fingerprint density at radius 2 is 1.00 bits per heavy atom. The second kappa shape index (κ2) is 13.0. The summed E-state index contributed by atoms with van der Waals surface area (Å²) in [4.78, 5) is 48.7. The van der Waals surface area contributed by atoms with Gasteiger partial charge < -0.3 is 39.8 Å². The summed E-state index contributed by atoms with van der Waals surface area (Å²) < 4.78 is 7.61. The monoisotopic (exact) mass is 488 g/mol. The molecular formula is C22H40N4O8. The predicted octanol–water partition coefficient (Wildman–Crippen LogP) is 0.0370. The maximum Gasteiger partial charge on any atom is 0.328 e. The van der Waals surface area contributed by atoms with Crippen molar-refractivity contribution in [3.63, 3.8) is 0 Å². The van der Waals surface area contributed by atoms with Crippen LogP contribution < -0.4 is 10.6 Å². The van der Waals surface area contributed by atoms with Crippen molar-refractivity contribution >= 4 is 23.8 Å². The Morgan fingerprint density at radius 3 is 1.24 bits per heavy atom. The van der Waals surface area contributed by atoms with Crippen LogP contribution >= 0.6 is 0 Å². The van der Waals surface area contributed by atoms with Crippen LogP contribution in [0.3, 0.4) is 0 Å². The standard InChI is InChI=1S/C22H40N4O8/c1-15(2)11-17(21(29)33-5)23-19(27)13-25(31)7-9-26(32,10-8-25)14-20(28)24-18(12-16(3)4)22(30)34-6/h15-18H,7-14H2,1-6H3,(H,23,27)(H,24,28)/t17-,18-,25?,26?/m0/s1. The lowest BCUT2D eigenvalue weighted by Crippen LogP contribution is -2.66. The average molecular weight is 489 g/mol. The van der Waals surface area contributed by atoms with Gasteiger partial charge in [0.05, 0.1) is 14.2 Å². The van der Waals surface area contributed by atoms with Crippen molar-refractivity contribution < 1.29 is 37.9 Å². The SMILES string of the molecule is COC(=O)[C@H](CC(C)C)NC(=O)C[N+]1([O-])CC[N+]([O-])(CC(=O)N[C@@H](CC(C)C)C(=O)OC)CC1. The molecule has 196 valence electrons. The van der Waals surface area contributed by atoms with Gasteiger partial charge in [-0.1, -0.05) is 27.7 Å². The largest absolute Gasteiger partial charge is 0.632 e. The molecule has 1 fully saturated rings. The number of ether oxygens (including phenoxy) is 2. The van der Waals surface area contributed by atoms with Gasteiger partial charge in [-0.15, -0.1) is 0 Å². The Hall–Kier alpha value is -2.28. The molecule has 2 amide bonds. The first-order valence-electron chi connectivity index (χ1n) is 11.6. The highest BCUT2D eigenvalue weighted by molar-refractivity contribution is 5.85. The predicted molar refractivity (Wildman–Crippen MR) is 123 cm³/mol. The van der Waals surface area contributed by atoms with E-state index in [-0.39, 0.29) is 38.0 Å². The molecule has 1 rings (SSSR count). The van der Waals surface area contributed by atoms with Gasteiger partial charge in [0.2, 0.25) is 0 Å². The van der Waals surface area contributed by atoms with Crippen molar-refractivity contribution in [2.24, 2.45) is 11.8 Å². The summed E-state index contributed by atoms with van der Waals surface area (Å²) in [5.74, 6) is -2.10. The second-order valence-corrected chi connectivity index (χ2v) is 9.87. The van der Waals surface area contributed by atoms with E-state index in [1.807, 2.05) is 27.7 Å². The molecule has 1 aliphatic heterocycles. The minimum absolute atomic E-state index is 0.124. The fourth-order valence-corrected chi connectivity index (χ4v) is 3.93. The van der Waals surface area contributed by atoms with Crippen LogP contribution in [0.15, 0.2) is 0 Å². The van der Waals surface area contributed by atoms with Gasteiger partial charge in [0.15, 0.2) is 13.1 Å². The molecule has 12 heteroatoms. The van der Waals surface area contributed by atoms with Crippen LogP contribution in [0.5, 0.6) is 0 Å². The number of quaternary nitrogens is 2. The zero-order chi connectivity index (χ0) is 26.1. The molecule has 0 spiro atoms. The lowest BCUT2D eigenvalue weighted by Gasteiger charge is -2.53. The van der Waals surface area contributed by atoms with Gasteiger partial charge in [0.1, 0.15) is 38.3 Å². The molecule has 0 aromatic rings. The van der Waals surface area contributed by atoms with Crippen molar-refractivity contribution in [3.8, 4) is 0 Å². The van der Waals surface area contributed by atoms with E-state index in [1.54, 1.807) is 0 Å². The zero-order valence-corrected chi connectivity index (χ0v) is 21.1. The molecule has 0 radical (unpaired) electrons. The molecule has 0 bridgehead atoms. The summed E-state index contributed by atoms with van der Waals surface area (Å²) in [6.45, 7) is 6.12. The molecule has 34 heavy (non-hydrogen) atoms. The maximum atomic E-state index is 13.0. The number of carbonyl (C=O) groups excluding carboxylic acids is 4. The number of nitrogens with zero attached hydrogens (tertiary/aromatic N) is 2. The van der Waals surface area contributed by atoms with Crippen molar-refractivity contribution in [1.29, 1.82) is 0 Å². The number of carbonyl (C=O) groups is 4. The minimum Gasteiger partial charge on any atom is -0.632 e. The number of amides is 2. The first-order valence-corrected chi connectivity index (χ1v) is 11.6. The van der Waals surface area contributed by atoms with Crippen molar-refractivity contribution in [2.75, 3.05) is 53.5 Å². The molecule has 12 nitrogen and oxygen atoms in total. The number of hydroxylamine groups is 6. The van der Waals surface area contributed by atoms with Crippen LogP contribution in [0.25, 0.3) is 0 Å². The molecule has 1 heterocycles. The van der Waals surface area contributed by atoms with Gasteiger partial charge in [0, 0.05) is 0 Å². The van der Waals surface area contributed by atoms with Gasteiger partial charge in [-0.05, 0) is 24.7 Å². The van der Waals surface area contributed by atoms with Crippen LogP contribution in [0.4, 0.5) is 0 Å². The maximum absolute atomic E-state index is 13.0. The number of hydrogen-bond acceptors (Lipinski definition) is 8. The number of rotatable bonds is 12. The van der Waals surface area contributed by atoms with E-state index in [0.29, 0.717) is 12.8 Å². The minimum atomic E-state index is -0.913. The number of esters is 2. The Balaban J connectivity index is 2.66. The zero-order valence-electron chi connectivity index (χ0n) is 21.1. The van der Waals surface area contributed by atoms with Gasteiger partial charge in [-0.3, -0.25) is 9.59 Å². The number of piperazine rings is 1. The third-order valence-electron chi connectivity index (χ3n) is 5.75. The normalized spacial score (nSPS) is 24.3. The van der Waals surface area contributed by atoms with Crippen LogP contribution in [0, 0.1) is 22.3 Å². The molecule has 0 aromatic heterocycles. The smallest absolute Gasteiger partial charge is 0.328 e. The summed E-state index contributed by atoms with van der Waals surface area (Å²) in [5, 5.41) is 31.2. The van der Waals surface area contributed by atoms with Gasteiger partial charge in [-0.25, -0.2) is 9.59 Å². The molecule has 0 saturated carbocycles. The van der Waals surface area contributed by atoms with Crippen molar-refractivity contribution in [3.05, 3.63) is 10.4 Å². The fraction of sp³-hybridized carbons (Fsp3) is 0.818. The highest BCUT2D eigenvalue weighted by Gasteiger charge is 2.37. The lowest BCUT2D eigenvalue weighted by molar-refractivity contribution is -0.982. The van der Waals surface area contributed by atoms with Gasteiger partial charge in [-0.2, -0.15) is 0 Å². The third-order valence-corrected chi connectivity index (χ3v) is 5.75. The Bertz CT molecular complexity index is 660. The van der Waals surface area contributed by atoms with Crippen LogP contribution in [0.2, 0.25) is 0 Å². The van der Waals surface area contributed by atoms with Gasteiger partial charge in [0.25, 0.3) is 11.8 Å². The van der Waals surface area contributed by atoms with Crippen molar-refractivity contribution in [1.82, 2.24) is 10.6 Å². The van der Waals surface area contributed by atoms with E-state index < -0.39 is 58.2 Å². The molecule has 2 N–H and O–H groups in total. The molecule has 1 saturated heterocycles. The number of nitrogens with one attached hydrogen (secondary N) is 2. The van der Waals surface area contributed by atoms with Crippen LogP contribution in [-0.4, -0.2) is 98.6 Å². The van der Waals surface area contributed by atoms with E-state index in [0.717, 1.165) is 0 Å². The first-order chi connectivity index (χ1) is 15.7. The van der Waals surface area contributed by atoms with E-state index in [4.69, 9.17) is 9.47 Å². The average Bonchev–Trinajstić information content (AvgIpc) is 2.73. The fourth-order valence-electron chi connectivity index (χ4n) is 3.93. The molecule has 0 aliphatic carbocycles. The first kappa shape index (κ1) is 29.8. The highest BCUT2D eigenvalue weighted by atomic mass is 16.6. The highest BCUT2D eigenvalue weighted by Crippen LogP contribution is 2.18. The Labute approximate surface area is 201 Å². The Morgan fingerprint density at radius 1 is 0.706 bits per heavy atom. The topological polar surface area (TPSA) is 157 Å².